The molecule has 32 heavy (non-hydrogen) atoms. The lowest BCUT2D eigenvalue weighted by Gasteiger charge is -2.36. The number of aryl methyl sites for hydroxylation is 1. The fourth-order valence-electron chi connectivity index (χ4n) is 4.90. The molecule has 0 atom stereocenters. The minimum atomic E-state index is -0.661. The molecule has 1 saturated heterocycles. The summed E-state index contributed by atoms with van der Waals surface area (Å²) in [4.78, 5) is 26.2. The van der Waals surface area contributed by atoms with Crippen LogP contribution in [0.15, 0.2) is 36.5 Å². The van der Waals surface area contributed by atoms with E-state index < -0.39 is 5.97 Å². The average Bonchev–Trinajstić information content (AvgIpc) is 3.23. The van der Waals surface area contributed by atoms with Crippen LogP contribution >= 0.6 is 0 Å². The maximum Gasteiger partial charge on any atom is 0.306 e. The molecule has 1 aliphatic carbocycles. The van der Waals surface area contributed by atoms with Gasteiger partial charge in [0, 0.05) is 24.8 Å². The molecular formula is C25H30N4O3. The second-order valence-electron chi connectivity index (χ2n) is 9.15. The topological polar surface area (TPSA) is 91.3 Å². The van der Waals surface area contributed by atoms with Crippen molar-refractivity contribution in [3.05, 3.63) is 42.1 Å². The van der Waals surface area contributed by atoms with Gasteiger partial charge < -0.3 is 19.7 Å². The van der Waals surface area contributed by atoms with Gasteiger partial charge in [0.15, 0.2) is 0 Å². The number of carboxylic acid groups (broad SMARTS) is 1. The van der Waals surface area contributed by atoms with Gasteiger partial charge in [0.25, 0.3) is 0 Å². The number of H-pyrrole nitrogens is 1. The van der Waals surface area contributed by atoms with Crippen molar-refractivity contribution in [3.63, 3.8) is 0 Å². The van der Waals surface area contributed by atoms with Gasteiger partial charge in [0.1, 0.15) is 11.6 Å². The number of aliphatic carboxylic acids is 1. The van der Waals surface area contributed by atoms with E-state index in [1.807, 2.05) is 6.20 Å². The lowest BCUT2D eigenvalue weighted by atomic mass is 9.87. The van der Waals surface area contributed by atoms with Gasteiger partial charge in [-0.15, -0.1) is 0 Å². The average molecular weight is 435 g/mol. The highest BCUT2D eigenvalue weighted by molar-refractivity contribution is 5.80. The van der Waals surface area contributed by atoms with Gasteiger partial charge in [0.2, 0.25) is 0 Å². The van der Waals surface area contributed by atoms with Crippen LogP contribution in [0, 0.1) is 12.8 Å². The monoisotopic (exact) mass is 434 g/mol. The molecule has 0 bridgehead atoms. The first-order valence-corrected chi connectivity index (χ1v) is 11.6. The van der Waals surface area contributed by atoms with E-state index in [1.54, 1.807) is 0 Å². The first kappa shape index (κ1) is 20.9. The summed E-state index contributed by atoms with van der Waals surface area (Å²) in [5.41, 5.74) is 4.19. The molecule has 5 rings (SSSR count). The van der Waals surface area contributed by atoms with Crippen LogP contribution in [0.3, 0.4) is 0 Å². The lowest BCUT2D eigenvalue weighted by molar-refractivity contribution is -0.144. The molecule has 0 radical (unpaired) electrons. The number of nitrogens with one attached hydrogen (secondary N) is 1. The number of imidazole rings is 1. The van der Waals surface area contributed by atoms with Crippen molar-refractivity contribution in [1.29, 1.82) is 0 Å². The molecular weight excluding hydrogens is 404 g/mol. The van der Waals surface area contributed by atoms with E-state index >= 15 is 0 Å². The molecule has 0 unspecified atom stereocenters. The third kappa shape index (κ3) is 4.48. The third-order valence-electron chi connectivity index (χ3n) is 6.83. The van der Waals surface area contributed by atoms with Gasteiger partial charge in [-0.25, -0.2) is 9.97 Å². The Kier molecular flexibility index (Phi) is 5.83. The predicted octanol–water partition coefficient (Wildman–Crippen LogP) is 4.56. The quantitative estimate of drug-likeness (QED) is 0.612. The van der Waals surface area contributed by atoms with E-state index in [0.717, 1.165) is 79.9 Å². The van der Waals surface area contributed by atoms with Crippen molar-refractivity contribution in [2.24, 2.45) is 5.92 Å². The number of hydrogen-bond acceptors (Lipinski definition) is 5. The Bertz CT molecular complexity index is 1080. The molecule has 3 heterocycles. The summed E-state index contributed by atoms with van der Waals surface area (Å²) in [6.07, 6.45) is 7.52. The minimum Gasteiger partial charge on any atom is -0.481 e. The van der Waals surface area contributed by atoms with Gasteiger partial charge in [-0.3, -0.25) is 4.79 Å². The highest BCUT2D eigenvalue weighted by Crippen LogP contribution is 2.30. The van der Waals surface area contributed by atoms with Crippen LogP contribution in [0.1, 0.15) is 44.1 Å². The SMILES string of the molecule is Cc1ccc2[nH]c(-c3ccc(N4CCC(O[C@H]5CC[C@@H](C(=O)O)CC5)CC4)nc3)nc2c1. The lowest BCUT2D eigenvalue weighted by Crippen LogP contribution is -2.39. The number of carboxylic acids is 1. The molecule has 0 amide bonds. The zero-order valence-corrected chi connectivity index (χ0v) is 18.5. The van der Waals surface area contributed by atoms with Crippen LogP contribution in [-0.4, -0.2) is 51.3 Å². The van der Waals surface area contributed by atoms with Crippen LogP contribution in [0.2, 0.25) is 0 Å². The molecule has 1 aromatic carbocycles. The summed E-state index contributed by atoms with van der Waals surface area (Å²) >= 11 is 0. The molecule has 2 fully saturated rings. The Morgan fingerprint density at radius 1 is 1.06 bits per heavy atom. The van der Waals surface area contributed by atoms with E-state index in [0.29, 0.717) is 0 Å². The number of aromatic amines is 1. The van der Waals surface area contributed by atoms with Crippen molar-refractivity contribution in [1.82, 2.24) is 15.0 Å². The predicted molar refractivity (Wildman–Crippen MR) is 124 cm³/mol. The second kappa shape index (κ2) is 8.90. The van der Waals surface area contributed by atoms with Gasteiger partial charge in [-0.2, -0.15) is 0 Å². The van der Waals surface area contributed by atoms with Crippen LogP contribution < -0.4 is 4.90 Å². The number of benzene rings is 1. The fraction of sp³-hybridized carbons (Fsp3) is 0.480. The first-order valence-electron chi connectivity index (χ1n) is 11.6. The van der Waals surface area contributed by atoms with Gasteiger partial charge in [0.05, 0.1) is 29.2 Å². The Hall–Kier alpha value is -2.93. The molecule has 1 aliphatic heterocycles. The number of hydrogen-bond donors (Lipinski definition) is 2. The van der Waals surface area contributed by atoms with E-state index in [2.05, 4.69) is 47.1 Å². The van der Waals surface area contributed by atoms with Crippen LogP contribution in [0.25, 0.3) is 22.4 Å². The summed E-state index contributed by atoms with van der Waals surface area (Å²) < 4.78 is 6.31. The van der Waals surface area contributed by atoms with Crippen LogP contribution in [0.5, 0.6) is 0 Å². The van der Waals surface area contributed by atoms with E-state index in [1.165, 1.54) is 5.56 Å². The summed E-state index contributed by atoms with van der Waals surface area (Å²) in [7, 11) is 0. The number of anilines is 1. The zero-order valence-electron chi connectivity index (χ0n) is 18.5. The van der Waals surface area contributed by atoms with Gasteiger partial charge in [-0.1, -0.05) is 6.07 Å². The van der Waals surface area contributed by atoms with Crippen LogP contribution in [0.4, 0.5) is 5.82 Å². The zero-order chi connectivity index (χ0) is 22.1. The summed E-state index contributed by atoms with van der Waals surface area (Å²) in [6.45, 7) is 3.92. The first-order chi connectivity index (χ1) is 15.5. The van der Waals surface area contributed by atoms with Crippen molar-refractivity contribution < 1.29 is 14.6 Å². The normalized spacial score (nSPS) is 22.3. The number of nitrogens with zero attached hydrogens (tertiary/aromatic N) is 3. The summed E-state index contributed by atoms with van der Waals surface area (Å²) in [6, 6.07) is 10.4. The standard InChI is InChI=1S/C25H30N4O3/c1-16-2-8-21-22(14-16)28-24(27-21)18-5-9-23(26-15-18)29-12-10-20(11-13-29)32-19-6-3-17(4-7-19)25(30)31/h2,5,8-9,14-15,17,19-20H,3-4,6-7,10-13H2,1H3,(H,27,28)(H,30,31)/t17-,19+. The highest BCUT2D eigenvalue weighted by Gasteiger charge is 2.29. The Balaban J connectivity index is 1.15. The van der Waals surface area contributed by atoms with Crippen molar-refractivity contribution in [2.45, 2.75) is 57.7 Å². The fourth-order valence-corrected chi connectivity index (χ4v) is 4.90. The van der Waals surface area contributed by atoms with Crippen LogP contribution in [-0.2, 0) is 9.53 Å². The molecule has 0 spiro atoms. The van der Waals surface area contributed by atoms with Gasteiger partial charge >= 0.3 is 5.97 Å². The number of fused-ring (bicyclic) bond motifs is 1. The number of rotatable bonds is 5. The maximum atomic E-state index is 11.1. The van der Waals surface area contributed by atoms with Gasteiger partial charge in [-0.05, 0) is 75.3 Å². The van der Waals surface area contributed by atoms with E-state index in [-0.39, 0.29) is 18.1 Å². The molecule has 7 heteroatoms. The minimum absolute atomic E-state index is 0.186. The molecule has 2 aromatic heterocycles. The largest absolute Gasteiger partial charge is 0.481 e. The Morgan fingerprint density at radius 3 is 2.50 bits per heavy atom. The summed E-state index contributed by atoms with van der Waals surface area (Å²) in [5.74, 6) is 0.982. The van der Waals surface area contributed by atoms with Crippen molar-refractivity contribution in [3.8, 4) is 11.4 Å². The molecule has 2 N–H and O–H groups in total. The summed E-state index contributed by atoms with van der Waals surface area (Å²) in [5, 5.41) is 9.15. The van der Waals surface area contributed by atoms with Crippen molar-refractivity contribution in [2.75, 3.05) is 18.0 Å². The highest BCUT2D eigenvalue weighted by atomic mass is 16.5. The number of carbonyl (C=O) groups is 1. The molecule has 3 aromatic rings. The number of pyridine rings is 1. The molecule has 168 valence electrons. The Morgan fingerprint density at radius 2 is 1.81 bits per heavy atom. The smallest absolute Gasteiger partial charge is 0.306 e. The second-order valence-corrected chi connectivity index (χ2v) is 9.15. The maximum absolute atomic E-state index is 11.1. The molecule has 7 nitrogen and oxygen atoms in total. The van der Waals surface area contributed by atoms with E-state index in [4.69, 9.17) is 19.8 Å². The molecule has 1 saturated carbocycles. The molecule has 2 aliphatic rings. The Labute approximate surface area is 187 Å². The third-order valence-corrected chi connectivity index (χ3v) is 6.83. The van der Waals surface area contributed by atoms with Crippen molar-refractivity contribution >= 4 is 22.8 Å². The number of piperidine rings is 1. The number of aromatic nitrogens is 3. The number of ether oxygens (including phenoxy) is 1. The van der Waals surface area contributed by atoms with E-state index in [9.17, 15) is 4.79 Å².